The highest BCUT2D eigenvalue weighted by molar-refractivity contribution is 5.53. The number of halogens is 2. The van der Waals surface area contributed by atoms with Crippen molar-refractivity contribution < 1.29 is 13.7 Å². The number of nitrogens with two attached hydrogens (primary N) is 2. The van der Waals surface area contributed by atoms with Gasteiger partial charge in [0.05, 0.1) is 23.9 Å². The molecule has 0 unspecified atom stereocenters. The number of hydrogen-bond acceptors (Lipinski definition) is 5. The smallest absolute Gasteiger partial charge is 0.365 e. The monoisotopic (exact) mass is 218 g/mol. The predicted octanol–water partition coefficient (Wildman–Crippen LogP) is 0.968. The van der Waals surface area contributed by atoms with Gasteiger partial charge in [-0.3, -0.25) is 0 Å². The molecular formula is C7H8F2N4O2. The largest absolute Gasteiger partial charge is 0.398 e. The van der Waals surface area contributed by atoms with Gasteiger partial charge in [0, 0.05) is 0 Å². The van der Waals surface area contributed by atoms with Crippen LogP contribution in [0, 0.1) is 10.1 Å². The molecule has 0 atom stereocenters. The number of aromatic nitrogens is 1. The second-order valence-corrected chi connectivity index (χ2v) is 2.69. The van der Waals surface area contributed by atoms with Crippen molar-refractivity contribution in [2.24, 2.45) is 5.73 Å². The summed E-state index contributed by atoms with van der Waals surface area (Å²) in [6.07, 6.45) is -2.85. The van der Waals surface area contributed by atoms with E-state index in [1.165, 1.54) is 0 Å². The van der Waals surface area contributed by atoms with E-state index in [1.54, 1.807) is 0 Å². The molecule has 82 valence electrons. The van der Waals surface area contributed by atoms with Gasteiger partial charge in [-0.05, 0) is 9.91 Å². The first-order valence-corrected chi connectivity index (χ1v) is 3.89. The topological polar surface area (TPSA) is 108 Å². The molecule has 1 aromatic heterocycles. The molecule has 0 saturated heterocycles. The number of alkyl halides is 2. The molecule has 1 heterocycles. The van der Waals surface area contributed by atoms with Crippen molar-refractivity contribution >= 4 is 11.5 Å². The molecule has 0 spiro atoms. The van der Waals surface area contributed by atoms with Crippen LogP contribution in [0.15, 0.2) is 6.07 Å². The number of anilines is 1. The van der Waals surface area contributed by atoms with Gasteiger partial charge in [0.15, 0.2) is 5.69 Å². The summed E-state index contributed by atoms with van der Waals surface area (Å²) in [7, 11) is 0. The molecule has 4 N–H and O–H groups in total. The Morgan fingerprint density at radius 3 is 2.60 bits per heavy atom. The zero-order chi connectivity index (χ0) is 11.6. The summed E-state index contributed by atoms with van der Waals surface area (Å²) in [5, 5.41) is 10.4. The normalized spacial score (nSPS) is 10.7. The van der Waals surface area contributed by atoms with Crippen molar-refractivity contribution in [3.05, 3.63) is 27.4 Å². The van der Waals surface area contributed by atoms with E-state index in [-0.39, 0.29) is 17.9 Å². The van der Waals surface area contributed by atoms with Crippen molar-refractivity contribution in [2.75, 3.05) is 5.73 Å². The summed E-state index contributed by atoms with van der Waals surface area (Å²) < 4.78 is 24.9. The molecular weight excluding hydrogens is 210 g/mol. The van der Waals surface area contributed by atoms with E-state index in [0.717, 1.165) is 6.07 Å². The molecule has 8 heteroatoms. The molecule has 0 aliphatic rings. The zero-order valence-electron chi connectivity index (χ0n) is 7.48. The van der Waals surface area contributed by atoms with E-state index >= 15 is 0 Å². The Hall–Kier alpha value is -1.83. The maximum atomic E-state index is 12.5. The molecule has 0 aromatic carbocycles. The van der Waals surface area contributed by atoms with Crippen LogP contribution in [0.4, 0.5) is 20.3 Å². The van der Waals surface area contributed by atoms with E-state index in [1.807, 2.05) is 0 Å². The molecule has 1 rings (SSSR count). The SMILES string of the molecule is NCc1nc([N+](=O)[O-])cc(N)c1C(F)F. The minimum absolute atomic E-state index is 0.253. The third kappa shape index (κ3) is 2.15. The fourth-order valence-corrected chi connectivity index (χ4v) is 1.12. The highest BCUT2D eigenvalue weighted by Crippen LogP contribution is 2.29. The first kappa shape index (κ1) is 11.2. The van der Waals surface area contributed by atoms with Crippen LogP contribution in [0.1, 0.15) is 17.7 Å². The fraction of sp³-hybridized carbons (Fsp3) is 0.286. The van der Waals surface area contributed by atoms with Crippen LogP contribution in [-0.4, -0.2) is 9.91 Å². The maximum Gasteiger partial charge on any atom is 0.365 e. The minimum Gasteiger partial charge on any atom is -0.398 e. The molecule has 0 amide bonds. The molecule has 0 aliphatic heterocycles. The molecule has 6 nitrogen and oxygen atoms in total. The Bertz CT molecular complexity index is 397. The lowest BCUT2D eigenvalue weighted by molar-refractivity contribution is -0.389. The van der Waals surface area contributed by atoms with Crippen LogP contribution in [0.2, 0.25) is 0 Å². The van der Waals surface area contributed by atoms with Gasteiger partial charge in [0.25, 0.3) is 6.43 Å². The number of nitrogens with zero attached hydrogens (tertiary/aromatic N) is 2. The van der Waals surface area contributed by atoms with Gasteiger partial charge < -0.3 is 21.6 Å². The van der Waals surface area contributed by atoms with Gasteiger partial charge in [-0.1, -0.05) is 0 Å². The average Bonchev–Trinajstić information content (AvgIpc) is 2.15. The lowest BCUT2D eigenvalue weighted by Crippen LogP contribution is -2.10. The summed E-state index contributed by atoms with van der Waals surface area (Å²) in [5.74, 6) is -0.586. The minimum atomic E-state index is -2.85. The highest BCUT2D eigenvalue weighted by atomic mass is 19.3. The second-order valence-electron chi connectivity index (χ2n) is 2.69. The summed E-state index contributed by atoms with van der Waals surface area (Å²) >= 11 is 0. The molecule has 0 aliphatic carbocycles. The van der Waals surface area contributed by atoms with Crippen molar-refractivity contribution in [1.82, 2.24) is 4.98 Å². The third-order valence-electron chi connectivity index (χ3n) is 1.75. The number of nitro groups is 1. The summed E-state index contributed by atoms with van der Waals surface area (Å²) in [6, 6.07) is 0.792. The summed E-state index contributed by atoms with van der Waals surface area (Å²) in [5.41, 5.74) is 9.25. The predicted molar refractivity (Wildman–Crippen MR) is 48.2 cm³/mol. The van der Waals surface area contributed by atoms with Crippen LogP contribution in [0.3, 0.4) is 0 Å². The lowest BCUT2D eigenvalue weighted by atomic mass is 10.1. The van der Waals surface area contributed by atoms with E-state index in [4.69, 9.17) is 11.5 Å². The van der Waals surface area contributed by atoms with Crippen molar-refractivity contribution in [2.45, 2.75) is 13.0 Å². The first-order chi connectivity index (χ1) is 6.97. The summed E-state index contributed by atoms with van der Waals surface area (Å²) in [6.45, 7) is -0.328. The number of nitrogen functional groups attached to an aromatic ring is 1. The van der Waals surface area contributed by atoms with Crippen LogP contribution < -0.4 is 11.5 Å². The van der Waals surface area contributed by atoms with E-state index in [9.17, 15) is 18.9 Å². The highest BCUT2D eigenvalue weighted by Gasteiger charge is 2.24. The third-order valence-corrected chi connectivity index (χ3v) is 1.75. The van der Waals surface area contributed by atoms with Crippen molar-refractivity contribution in [3.63, 3.8) is 0 Å². The fourth-order valence-electron chi connectivity index (χ4n) is 1.12. The Labute approximate surface area is 83.0 Å². The zero-order valence-corrected chi connectivity index (χ0v) is 7.48. The Balaban J connectivity index is 3.37. The lowest BCUT2D eigenvalue weighted by Gasteiger charge is -2.06. The Morgan fingerprint density at radius 1 is 1.60 bits per heavy atom. The van der Waals surface area contributed by atoms with Crippen LogP contribution in [0.5, 0.6) is 0 Å². The molecule has 1 aromatic rings. The molecule has 15 heavy (non-hydrogen) atoms. The van der Waals surface area contributed by atoms with Gasteiger partial charge in [-0.25, -0.2) is 8.78 Å². The summed E-state index contributed by atoms with van der Waals surface area (Å²) in [4.78, 5) is 12.9. The van der Waals surface area contributed by atoms with Gasteiger partial charge in [-0.15, -0.1) is 0 Å². The molecule has 0 fully saturated rings. The van der Waals surface area contributed by atoms with Gasteiger partial charge in [-0.2, -0.15) is 0 Å². The van der Waals surface area contributed by atoms with Crippen LogP contribution in [-0.2, 0) is 6.54 Å². The van der Waals surface area contributed by atoms with Gasteiger partial charge >= 0.3 is 5.82 Å². The van der Waals surface area contributed by atoms with Gasteiger partial charge in [0.2, 0.25) is 0 Å². The van der Waals surface area contributed by atoms with Crippen LogP contribution >= 0.6 is 0 Å². The number of rotatable bonds is 3. The quantitative estimate of drug-likeness (QED) is 0.580. The van der Waals surface area contributed by atoms with E-state index < -0.39 is 22.7 Å². The number of pyridine rings is 1. The number of hydrogen-bond donors (Lipinski definition) is 2. The standard InChI is InChI=1S/C7H8F2N4O2/c8-7(9)6-3(11)1-5(13(14)15)12-4(6)2-10/h1,7H,2,10H2,(H2,11,12). The Morgan fingerprint density at radius 2 is 2.20 bits per heavy atom. The average molecular weight is 218 g/mol. The van der Waals surface area contributed by atoms with Gasteiger partial charge in [0.1, 0.15) is 0 Å². The van der Waals surface area contributed by atoms with Crippen LogP contribution in [0.25, 0.3) is 0 Å². The molecule has 0 radical (unpaired) electrons. The van der Waals surface area contributed by atoms with E-state index in [0.29, 0.717) is 0 Å². The van der Waals surface area contributed by atoms with Crippen molar-refractivity contribution in [3.8, 4) is 0 Å². The second kappa shape index (κ2) is 4.13. The molecule has 0 saturated carbocycles. The van der Waals surface area contributed by atoms with E-state index in [2.05, 4.69) is 4.98 Å². The van der Waals surface area contributed by atoms with Crippen molar-refractivity contribution in [1.29, 1.82) is 0 Å². The maximum absolute atomic E-state index is 12.5. The molecule has 0 bridgehead atoms. The Kier molecular flexibility index (Phi) is 3.10. The first-order valence-electron chi connectivity index (χ1n) is 3.89.